The van der Waals surface area contributed by atoms with E-state index in [0.29, 0.717) is 23.7 Å². The molecule has 6 heteroatoms. The number of carbonyl (C=O) groups is 2. The highest BCUT2D eigenvalue weighted by Crippen LogP contribution is 2.34. The third-order valence-electron chi connectivity index (χ3n) is 3.35. The first-order chi connectivity index (χ1) is 10.7. The van der Waals surface area contributed by atoms with Gasteiger partial charge in [0.2, 0.25) is 0 Å². The second-order valence-corrected chi connectivity index (χ2v) is 4.95. The lowest BCUT2D eigenvalue weighted by atomic mass is 10.2. The Balaban J connectivity index is 1.86. The van der Waals surface area contributed by atoms with E-state index >= 15 is 0 Å². The van der Waals surface area contributed by atoms with E-state index < -0.39 is 0 Å². The van der Waals surface area contributed by atoms with Crippen molar-refractivity contribution in [1.82, 2.24) is 0 Å². The largest absolute Gasteiger partial charge is 0.482 e. The summed E-state index contributed by atoms with van der Waals surface area (Å²) < 4.78 is 10.5. The van der Waals surface area contributed by atoms with Crippen LogP contribution in [0.2, 0.25) is 0 Å². The van der Waals surface area contributed by atoms with Crippen molar-refractivity contribution < 1.29 is 18.7 Å². The number of anilines is 2. The van der Waals surface area contributed by atoms with Gasteiger partial charge in [0.15, 0.2) is 12.4 Å². The zero-order chi connectivity index (χ0) is 15.5. The lowest BCUT2D eigenvalue weighted by molar-refractivity contribution is -0.121. The van der Waals surface area contributed by atoms with Crippen LogP contribution in [0.3, 0.4) is 0 Å². The Bertz CT molecular complexity index is 694. The maximum atomic E-state index is 12.0. The fraction of sp³-hybridized carbons (Fsp3) is 0.250. The minimum absolute atomic E-state index is 0.0467. The summed E-state index contributed by atoms with van der Waals surface area (Å²) in [5, 5.41) is 2.75. The average molecular weight is 300 g/mol. The number of carbonyl (C=O) groups excluding carboxylic acids is 2. The number of ether oxygens (including phenoxy) is 1. The van der Waals surface area contributed by atoms with Crippen LogP contribution in [0.1, 0.15) is 23.9 Å². The van der Waals surface area contributed by atoms with Gasteiger partial charge in [-0.1, -0.05) is 6.92 Å². The molecular formula is C16H16N2O4. The summed E-state index contributed by atoms with van der Waals surface area (Å²) in [6.07, 6.45) is 2.28. The molecule has 0 saturated heterocycles. The van der Waals surface area contributed by atoms with Crippen LogP contribution >= 0.6 is 0 Å². The standard InChI is InChI=1S/C16H16N2O4/c1-2-7-18-12-9-11(5-6-13(12)22-10-15(18)19)17-16(20)14-4-3-8-21-14/h3-6,8-9H,2,7,10H2,1H3,(H,17,20). The molecule has 0 fully saturated rings. The third kappa shape index (κ3) is 2.67. The molecule has 0 saturated carbocycles. The van der Waals surface area contributed by atoms with Crippen LogP contribution in [0.25, 0.3) is 0 Å². The molecule has 0 unspecified atom stereocenters. The number of nitrogens with zero attached hydrogens (tertiary/aromatic N) is 1. The number of benzene rings is 1. The minimum atomic E-state index is -0.338. The van der Waals surface area contributed by atoms with Crippen LogP contribution in [-0.4, -0.2) is 25.0 Å². The highest BCUT2D eigenvalue weighted by Gasteiger charge is 2.25. The van der Waals surface area contributed by atoms with Crippen LogP contribution in [0.4, 0.5) is 11.4 Å². The summed E-state index contributed by atoms with van der Waals surface area (Å²) >= 11 is 0. The van der Waals surface area contributed by atoms with Crippen molar-refractivity contribution in [2.75, 3.05) is 23.4 Å². The van der Waals surface area contributed by atoms with Crippen molar-refractivity contribution in [2.24, 2.45) is 0 Å². The highest BCUT2D eigenvalue weighted by molar-refractivity contribution is 6.03. The minimum Gasteiger partial charge on any atom is -0.482 e. The molecule has 3 rings (SSSR count). The van der Waals surface area contributed by atoms with Crippen LogP contribution < -0.4 is 15.0 Å². The fourth-order valence-corrected chi connectivity index (χ4v) is 2.35. The summed E-state index contributed by atoms with van der Waals surface area (Å²) in [6, 6.07) is 8.46. The predicted octanol–water partition coefficient (Wildman–Crippen LogP) is 2.67. The van der Waals surface area contributed by atoms with Gasteiger partial charge in [0.1, 0.15) is 5.75 Å². The van der Waals surface area contributed by atoms with Gasteiger partial charge in [-0.05, 0) is 36.8 Å². The molecule has 0 spiro atoms. The number of fused-ring (bicyclic) bond motifs is 1. The van der Waals surface area contributed by atoms with Gasteiger partial charge >= 0.3 is 0 Å². The van der Waals surface area contributed by atoms with Gasteiger partial charge in [0.25, 0.3) is 11.8 Å². The van der Waals surface area contributed by atoms with Gasteiger partial charge in [-0.25, -0.2) is 0 Å². The van der Waals surface area contributed by atoms with E-state index in [0.717, 1.165) is 6.42 Å². The molecular weight excluding hydrogens is 284 g/mol. The first kappa shape index (κ1) is 14.2. The number of nitrogens with one attached hydrogen (secondary N) is 1. The molecule has 22 heavy (non-hydrogen) atoms. The quantitative estimate of drug-likeness (QED) is 0.942. The van der Waals surface area contributed by atoms with Gasteiger partial charge in [-0.2, -0.15) is 0 Å². The molecule has 114 valence electrons. The van der Waals surface area contributed by atoms with Crippen LogP contribution in [0.15, 0.2) is 41.0 Å². The number of hydrogen-bond donors (Lipinski definition) is 1. The number of amides is 2. The SMILES string of the molecule is CCCN1C(=O)COc2ccc(NC(=O)c3ccco3)cc21. The van der Waals surface area contributed by atoms with Gasteiger partial charge in [0.05, 0.1) is 12.0 Å². The Morgan fingerprint density at radius 3 is 2.95 bits per heavy atom. The van der Waals surface area contributed by atoms with Crippen molar-refractivity contribution in [3.63, 3.8) is 0 Å². The second kappa shape index (κ2) is 5.93. The number of rotatable bonds is 4. The van der Waals surface area contributed by atoms with E-state index in [-0.39, 0.29) is 24.2 Å². The molecule has 0 atom stereocenters. The summed E-state index contributed by atoms with van der Waals surface area (Å²) in [7, 11) is 0. The normalized spacial score (nSPS) is 13.5. The Labute approximate surface area is 127 Å². The van der Waals surface area contributed by atoms with Crippen molar-refractivity contribution in [3.05, 3.63) is 42.4 Å². The number of hydrogen-bond acceptors (Lipinski definition) is 4. The van der Waals surface area contributed by atoms with Gasteiger partial charge < -0.3 is 19.4 Å². The molecule has 0 bridgehead atoms. The molecule has 2 aromatic rings. The van der Waals surface area contributed by atoms with Crippen LogP contribution in [0.5, 0.6) is 5.75 Å². The van der Waals surface area contributed by atoms with Crippen molar-refractivity contribution >= 4 is 23.2 Å². The van der Waals surface area contributed by atoms with E-state index in [9.17, 15) is 9.59 Å². The molecule has 1 N–H and O–H groups in total. The second-order valence-electron chi connectivity index (χ2n) is 4.95. The highest BCUT2D eigenvalue weighted by atomic mass is 16.5. The summed E-state index contributed by atoms with van der Waals surface area (Å²) in [5.41, 5.74) is 1.26. The Kier molecular flexibility index (Phi) is 3.82. The smallest absolute Gasteiger partial charge is 0.291 e. The molecule has 2 heterocycles. The summed E-state index contributed by atoms with van der Waals surface area (Å²) in [6.45, 7) is 2.67. The van der Waals surface area contributed by atoms with Crippen molar-refractivity contribution in [1.29, 1.82) is 0 Å². The molecule has 1 aromatic carbocycles. The van der Waals surface area contributed by atoms with Crippen molar-refractivity contribution in [2.45, 2.75) is 13.3 Å². The molecule has 2 amide bonds. The summed E-state index contributed by atoms with van der Waals surface area (Å²) in [5.74, 6) is 0.457. The first-order valence-corrected chi connectivity index (χ1v) is 7.11. The summed E-state index contributed by atoms with van der Waals surface area (Å²) in [4.78, 5) is 25.6. The van der Waals surface area contributed by atoms with E-state index in [1.165, 1.54) is 6.26 Å². The van der Waals surface area contributed by atoms with E-state index in [1.807, 2.05) is 6.92 Å². The van der Waals surface area contributed by atoms with Gasteiger partial charge in [-0.15, -0.1) is 0 Å². The molecule has 1 aliphatic heterocycles. The molecule has 1 aliphatic rings. The molecule has 0 radical (unpaired) electrons. The predicted molar refractivity (Wildman–Crippen MR) is 81.2 cm³/mol. The average Bonchev–Trinajstić information content (AvgIpc) is 3.05. The van der Waals surface area contributed by atoms with E-state index in [2.05, 4.69) is 5.32 Å². The fourth-order valence-electron chi connectivity index (χ4n) is 2.35. The van der Waals surface area contributed by atoms with Gasteiger partial charge in [-0.3, -0.25) is 9.59 Å². The van der Waals surface area contributed by atoms with Crippen molar-refractivity contribution in [3.8, 4) is 5.75 Å². The van der Waals surface area contributed by atoms with E-state index in [1.54, 1.807) is 35.2 Å². The lowest BCUT2D eigenvalue weighted by Crippen LogP contribution is -2.39. The Hall–Kier alpha value is -2.76. The zero-order valence-electron chi connectivity index (χ0n) is 12.2. The van der Waals surface area contributed by atoms with Crippen LogP contribution in [-0.2, 0) is 4.79 Å². The number of furan rings is 1. The van der Waals surface area contributed by atoms with Gasteiger partial charge in [0, 0.05) is 12.2 Å². The lowest BCUT2D eigenvalue weighted by Gasteiger charge is -2.29. The zero-order valence-corrected chi connectivity index (χ0v) is 12.2. The topological polar surface area (TPSA) is 71.8 Å². The Morgan fingerprint density at radius 1 is 1.36 bits per heavy atom. The maximum absolute atomic E-state index is 12.0. The first-order valence-electron chi connectivity index (χ1n) is 7.11. The molecule has 0 aliphatic carbocycles. The monoisotopic (exact) mass is 300 g/mol. The maximum Gasteiger partial charge on any atom is 0.291 e. The Morgan fingerprint density at radius 2 is 2.23 bits per heavy atom. The molecule has 1 aromatic heterocycles. The third-order valence-corrected chi connectivity index (χ3v) is 3.35. The molecule has 6 nitrogen and oxygen atoms in total. The van der Waals surface area contributed by atoms with Crippen LogP contribution in [0, 0.1) is 0 Å². The van der Waals surface area contributed by atoms with E-state index in [4.69, 9.17) is 9.15 Å².